The first-order valence-corrected chi connectivity index (χ1v) is 12.7. The van der Waals surface area contributed by atoms with E-state index in [-0.39, 0.29) is 24.4 Å². The fraction of sp³-hybridized carbons (Fsp3) is 0.346. The number of nitrogens with one attached hydrogen (secondary N) is 2. The number of aromatic nitrogens is 1. The molecule has 2 fully saturated rings. The topological polar surface area (TPSA) is 124 Å². The van der Waals surface area contributed by atoms with Gasteiger partial charge in [-0.3, -0.25) is 14.4 Å². The zero-order valence-electron chi connectivity index (χ0n) is 19.5. The van der Waals surface area contributed by atoms with Crippen molar-refractivity contribution in [2.45, 2.75) is 24.8 Å². The number of carbonyl (C=O) groups excluding carboxylic acids is 3. The maximum Gasteiger partial charge on any atom is 0.254 e. The Morgan fingerprint density at radius 3 is 2.67 bits per heavy atom. The van der Waals surface area contributed by atoms with E-state index in [2.05, 4.69) is 15.6 Å². The van der Waals surface area contributed by atoms with Crippen LogP contribution in [-0.4, -0.2) is 66.5 Å². The third-order valence-corrected chi connectivity index (χ3v) is 7.23. The number of amides is 3. The number of ether oxygens (including phenoxy) is 1. The van der Waals surface area contributed by atoms with Crippen LogP contribution in [0.25, 0.3) is 21.3 Å². The van der Waals surface area contributed by atoms with Crippen molar-refractivity contribution in [3.8, 4) is 17.2 Å². The predicted molar refractivity (Wildman–Crippen MR) is 134 cm³/mol. The predicted octanol–water partition coefficient (Wildman–Crippen LogP) is 2.44. The van der Waals surface area contributed by atoms with Crippen LogP contribution < -0.4 is 10.6 Å². The molecular weight excluding hydrogens is 478 g/mol. The van der Waals surface area contributed by atoms with Crippen LogP contribution in [0.4, 0.5) is 0 Å². The molecule has 1 aliphatic heterocycles. The minimum atomic E-state index is -1.10. The average molecular weight is 504 g/mol. The monoisotopic (exact) mass is 503 g/mol. The largest absolute Gasteiger partial charge is 0.378 e. The number of benzene rings is 2. The first kappa shape index (κ1) is 23.9. The Hall–Kier alpha value is -3.81. The van der Waals surface area contributed by atoms with E-state index in [4.69, 9.17) is 4.74 Å². The second-order valence-corrected chi connectivity index (χ2v) is 9.90. The summed E-state index contributed by atoms with van der Waals surface area (Å²) in [7, 11) is 0. The van der Waals surface area contributed by atoms with E-state index in [1.165, 1.54) is 11.3 Å². The fourth-order valence-electron chi connectivity index (χ4n) is 4.03. The molecule has 1 saturated heterocycles. The van der Waals surface area contributed by atoms with Crippen molar-refractivity contribution < 1.29 is 19.1 Å². The van der Waals surface area contributed by atoms with Gasteiger partial charge in [-0.1, -0.05) is 18.2 Å². The lowest BCUT2D eigenvalue weighted by Gasteiger charge is -2.27. The molecule has 0 spiro atoms. The summed E-state index contributed by atoms with van der Waals surface area (Å²) in [5.74, 6) is -1.92. The van der Waals surface area contributed by atoms with Gasteiger partial charge in [0.05, 0.1) is 36.0 Å². The van der Waals surface area contributed by atoms with Crippen LogP contribution in [-0.2, 0) is 14.3 Å². The maximum atomic E-state index is 12.9. The Bertz CT molecular complexity index is 1350. The quantitative estimate of drug-likeness (QED) is 0.510. The van der Waals surface area contributed by atoms with Crippen LogP contribution in [0.2, 0.25) is 0 Å². The molecule has 1 aliphatic carbocycles. The maximum absolute atomic E-state index is 12.9. The molecule has 1 saturated carbocycles. The molecule has 3 aromatic rings. The number of hydrogen-bond acceptors (Lipinski definition) is 7. The van der Waals surface area contributed by atoms with Gasteiger partial charge in [-0.05, 0) is 48.2 Å². The Labute approximate surface area is 212 Å². The van der Waals surface area contributed by atoms with Crippen LogP contribution >= 0.6 is 11.3 Å². The average Bonchev–Trinajstić information content (AvgIpc) is 3.63. The van der Waals surface area contributed by atoms with Crippen LogP contribution in [0.5, 0.6) is 0 Å². The van der Waals surface area contributed by atoms with Gasteiger partial charge in [-0.15, -0.1) is 11.3 Å². The molecule has 2 aromatic carbocycles. The standard InChI is InChI=1S/C26H25N5O4S/c27-14-20(24(33)28-15-23(32)29-19-5-6-19)25-30-21-7-4-17(13-22(21)36-25)16-2-1-3-18(12-16)26(34)31-8-10-35-11-9-31/h1-4,7,12-13,19-20H,5-6,8-11,15H2,(H,28,33)(H,29,32). The van der Waals surface area contributed by atoms with E-state index >= 15 is 0 Å². The van der Waals surface area contributed by atoms with Crippen molar-refractivity contribution in [2.24, 2.45) is 0 Å². The second kappa shape index (κ2) is 10.4. The number of fused-ring (bicyclic) bond motifs is 1. The minimum absolute atomic E-state index is 0.0185. The Morgan fingerprint density at radius 2 is 1.92 bits per heavy atom. The lowest BCUT2D eigenvalue weighted by molar-refractivity contribution is -0.126. The van der Waals surface area contributed by atoms with Crippen LogP contribution in [0.3, 0.4) is 0 Å². The van der Waals surface area contributed by atoms with Crippen molar-refractivity contribution in [1.82, 2.24) is 20.5 Å². The zero-order valence-corrected chi connectivity index (χ0v) is 20.3. The normalized spacial score (nSPS) is 16.2. The number of thiazole rings is 1. The van der Waals surface area contributed by atoms with Gasteiger partial charge < -0.3 is 20.3 Å². The fourth-order valence-corrected chi connectivity index (χ4v) is 5.08. The summed E-state index contributed by atoms with van der Waals surface area (Å²) in [6.07, 6.45) is 1.92. The lowest BCUT2D eigenvalue weighted by Crippen LogP contribution is -2.40. The summed E-state index contributed by atoms with van der Waals surface area (Å²) in [6.45, 7) is 2.09. The van der Waals surface area contributed by atoms with Crippen LogP contribution in [0.1, 0.15) is 34.1 Å². The van der Waals surface area contributed by atoms with E-state index in [1.807, 2.05) is 48.5 Å². The third kappa shape index (κ3) is 5.37. The van der Waals surface area contributed by atoms with Crippen molar-refractivity contribution >= 4 is 39.3 Å². The lowest BCUT2D eigenvalue weighted by atomic mass is 10.0. The number of hydrogen-bond donors (Lipinski definition) is 2. The molecule has 9 nitrogen and oxygen atoms in total. The molecule has 1 atom stereocenters. The SMILES string of the molecule is N#CC(C(=O)NCC(=O)NC1CC1)c1nc2ccc(-c3cccc(C(=O)N4CCOCC4)c3)cc2s1. The summed E-state index contributed by atoms with van der Waals surface area (Å²) >= 11 is 1.27. The summed E-state index contributed by atoms with van der Waals surface area (Å²) in [4.78, 5) is 43.6. The number of carbonyl (C=O) groups is 3. The van der Waals surface area contributed by atoms with Gasteiger partial charge in [0, 0.05) is 24.7 Å². The number of nitriles is 1. The van der Waals surface area contributed by atoms with Crippen molar-refractivity contribution in [3.63, 3.8) is 0 Å². The smallest absolute Gasteiger partial charge is 0.254 e. The van der Waals surface area contributed by atoms with Crippen molar-refractivity contribution in [3.05, 3.63) is 53.0 Å². The number of rotatable bonds is 7. The van der Waals surface area contributed by atoms with Gasteiger partial charge >= 0.3 is 0 Å². The second-order valence-electron chi connectivity index (χ2n) is 8.84. The van der Waals surface area contributed by atoms with E-state index in [1.54, 1.807) is 4.90 Å². The third-order valence-electron chi connectivity index (χ3n) is 6.15. The van der Waals surface area contributed by atoms with Gasteiger partial charge in [-0.2, -0.15) is 5.26 Å². The molecule has 2 heterocycles. The summed E-state index contributed by atoms with van der Waals surface area (Å²) in [6, 6.07) is 15.4. The number of morpholine rings is 1. The Balaban J connectivity index is 1.32. The molecule has 1 aromatic heterocycles. The van der Waals surface area contributed by atoms with Gasteiger partial charge in [0.2, 0.25) is 11.8 Å². The highest BCUT2D eigenvalue weighted by Gasteiger charge is 2.27. The highest BCUT2D eigenvalue weighted by Crippen LogP contribution is 2.32. The highest BCUT2D eigenvalue weighted by atomic mass is 32.1. The molecule has 3 amide bonds. The Morgan fingerprint density at radius 1 is 1.14 bits per heavy atom. The van der Waals surface area contributed by atoms with Crippen LogP contribution in [0.15, 0.2) is 42.5 Å². The highest BCUT2D eigenvalue weighted by molar-refractivity contribution is 7.18. The van der Waals surface area contributed by atoms with Gasteiger partial charge in [0.25, 0.3) is 5.91 Å². The molecular formula is C26H25N5O4S. The zero-order chi connectivity index (χ0) is 25.1. The molecule has 36 heavy (non-hydrogen) atoms. The van der Waals surface area contributed by atoms with Gasteiger partial charge in [0.15, 0.2) is 5.92 Å². The molecule has 5 rings (SSSR count). The molecule has 10 heteroatoms. The van der Waals surface area contributed by atoms with Gasteiger partial charge in [-0.25, -0.2) is 4.98 Å². The first-order valence-electron chi connectivity index (χ1n) is 11.9. The summed E-state index contributed by atoms with van der Waals surface area (Å²) < 4.78 is 6.17. The van der Waals surface area contributed by atoms with E-state index in [0.29, 0.717) is 42.4 Å². The minimum Gasteiger partial charge on any atom is -0.378 e. The van der Waals surface area contributed by atoms with Gasteiger partial charge in [0.1, 0.15) is 5.01 Å². The summed E-state index contributed by atoms with van der Waals surface area (Å²) in [5, 5.41) is 15.3. The molecule has 184 valence electrons. The van der Waals surface area contributed by atoms with E-state index < -0.39 is 11.8 Å². The van der Waals surface area contributed by atoms with Crippen molar-refractivity contribution in [2.75, 3.05) is 32.8 Å². The number of nitrogens with zero attached hydrogens (tertiary/aromatic N) is 3. The summed E-state index contributed by atoms with van der Waals surface area (Å²) in [5.41, 5.74) is 3.09. The molecule has 0 radical (unpaired) electrons. The first-order chi connectivity index (χ1) is 17.5. The molecule has 0 bridgehead atoms. The Kier molecular flexibility index (Phi) is 6.93. The van der Waals surface area contributed by atoms with Crippen LogP contribution in [0, 0.1) is 11.3 Å². The van der Waals surface area contributed by atoms with E-state index in [9.17, 15) is 19.6 Å². The molecule has 1 unspecified atom stereocenters. The molecule has 2 aliphatic rings. The molecule has 2 N–H and O–H groups in total. The van der Waals surface area contributed by atoms with Crippen molar-refractivity contribution in [1.29, 1.82) is 5.26 Å². The van der Waals surface area contributed by atoms with E-state index in [0.717, 1.165) is 28.7 Å².